The summed E-state index contributed by atoms with van der Waals surface area (Å²) < 4.78 is 63.4. The van der Waals surface area contributed by atoms with Gasteiger partial charge in [0.25, 0.3) is 0 Å². The lowest BCUT2D eigenvalue weighted by atomic mass is 9.96. The molecule has 0 saturated carbocycles. The van der Waals surface area contributed by atoms with E-state index in [0.29, 0.717) is 5.75 Å². The van der Waals surface area contributed by atoms with E-state index in [9.17, 15) is 60.0 Å². The number of aliphatic hydroxyl groups excluding tert-OH is 7. The number of phenols is 1. The predicted molar refractivity (Wildman–Crippen MR) is 228 cm³/mol. The predicted octanol–water partition coefficient (Wildman–Crippen LogP) is -0.395. The van der Waals surface area contributed by atoms with Crippen LogP contribution in [0.5, 0.6) is 23.0 Å². The number of fused-ring (bicyclic) bond motifs is 1. The summed E-state index contributed by atoms with van der Waals surface area (Å²) in [5.74, 6) is -4.04. The highest BCUT2D eigenvalue weighted by molar-refractivity contribution is 5.91. The minimum atomic E-state index is -2.05. The molecule has 0 radical (unpaired) electrons. The van der Waals surface area contributed by atoms with Gasteiger partial charge < -0.3 is 92.6 Å². The first-order valence-corrected chi connectivity index (χ1v) is 21.4. The summed E-state index contributed by atoms with van der Waals surface area (Å²) in [5, 5.41) is 86.6. The van der Waals surface area contributed by atoms with Crippen LogP contribution in [0.3, 0.4) is 0 Å². The minimum Gasteiger partial charge on any atom is -0.507 e. The molecule has 374 valence electrons. The summed E-state index contributed by atoms with van der Waals surface area (Å²) in [5.41, 5.74) is -0.180. The molecule has 3 aliphatic heterocycles. The van der Waals surface area contributed by atoms with Gasteiger partial charge in [0.2, 0.25) is 23.8 Å². The Morgan fingerprint density at radius 2 is 1.34 bits per heavy atom. The quantitative estimate of drug-likeness (QED) is 0.0546. The maximum absolute atomic E-state index is 14.9. The fraction of sp³-hybridized carbons (Fsp3) is 0.556. The van der Waals surface area contributed by atoms with Crippen molar-refractivity contribution < 1.29 is 107 Å². The number of allylic oxidation sites excluding steroid dienone is 2. The zero-order valence-electron chi connectivity index (χ0n) is 37.9. The van der Waals surface area contributed by atoms with Crippen LogP contribution in [0.25, 0.3) is 22.3 Å². The van der Waals surface area contributed by atoms with Crippen molar-refractivity contribution >= 4 is 28.9 Å². The highest BCUT2D eigenvalue weighted by Crippen LogP contribution is 2.42. The van der Waals surface area contributed by atoms with Crippen LogP contribution < -0.4 is 19.6 Å². The van der Waals surface area contributed by atoms with Gasteiger partial charge in [-0.2, -0.15) is 0 Å². The molecule has 4 heterocycles. The molecule has 0 spiro atoms. The third kappa shape index (κ3) is 11.2. The highest BCUT2D eigenvalue weighted by atomic mass is 16.8. The van der Waals surface area contributed by atoms with Gasteiger partial charge in [0, 0.05) is 38.0 Å². The lowest BCUT2D eigenvalue weighted by Crippen LogP contribution is -2.65. The summed E-state index contributed by atoms with van der Waals surface area (Å²) in [6.07, 6.45) is -23.9. The molecule has 3 saturated heterocycles. The number of carbonyl (C=O) groups excluding carboxylic acids is 3. The van der Waals surface area contributed by atoms with Crippen LogP contribution in [0.15, 0.2) is 51.2 Å². The molecular weight excluding hydrogens is 908 g/mol. The van der Waals surface area contributed by atoms with Crippen LogP contribution >= 0.6 is 0 Å². The molecular formula is C45H56O23. The van der Waals surface area contributed by atoms with Gasteiger partial charge in [-0.1, -0.05) is 11.6 Å². The fourth-order valence-electron chi connectivity index (χ4n) is 7.83. The van der Waals surface area contributed by atoms with E-state index in [2.05, 4.69) is 0 Å². The highest BCUT2D eigenvalue weighted by Gasteiger charge is 2.54. The molecule has 15 atom stereocenters. The molecule has 23 nitrogen and oxygen atoms in total. The third-order valence-corrected chi connectivity index (χ3v) is 11.3. The molecule has 68 heavy (non-hydrogen) atoms. The number of benzene rings is 2. The van der Waals surface area contributed by atoms with Crippen molar-refractivity contribution in [3.63, 3.8) is 0 Å². The lowest BCUT2D eigenvalue weighted by Gasteiger charge is -2.46. The first-order chi connectivity index (χ1) is 32.1. The van der Waals surface area contributed by atoms with Crippen LogP contribution in [-0.2, 0) is 54.0 Å². The number of phenolic OH excluding ortho intramolecular Hbond substituents is 1. The topological polar surface area (TPSA) is 336 Å². The van der Waals surface area contributed by atoms with Gasteiger partial charge in [-0.3, -0.25) is 19.2 Å². The Hall–Kier alpha value is -5.44. The Bertz CT molecular complexity index is 2360. The van der Waals surface area contributed by atoms with Gasteiger partial charge in [0.1, 0.15) is 89.8 Å². The number of carbonyl (C=O) groups is 3. The molecule has 3 aromatic rings. The number of methoxy groups -OCH3 is 1. The van der Waals surface area contributed by atoms with Crippen LogP contribution in [0.4, 0.5) is 0 Å². The molecule has 0 aliphatic carbocycles. The number of aliphatic hydroxyl groups is 7. The van der Waals surface area contributed by atoms with Crippen molar-refractivity contribution in [1.82, 2.24) is 0 Å². The number of aromatic hydroxyl groups is 1. The van der Waals surface area contributed by atoms with E-state index >= 15 is 0 Å². The van der Waals surface area contributed by atoms with Gasteiger partial charge in [0.15, 0.2) is 24.3 Å². The average molecular weight is 965 g/mol. The molecule has 2 aromatic carbocycles. The summed E-state index contributed by atoms with van der Waals surface area (Å²) in [7, 11) is 1.43. The Labute approximate surface area is 387 Å². The monoisotopic (exact) mass is 964 g/mol. The molecule has 3 aliphatic rings. The number of ether oxygens (including phenoxy) is 10. The maximum atomic E-state index is 14.9. The molecule has 0 bridgehead atoms. The lowest BCUT2D eigenvalue weighted by molar-refractivity contribution is -0.351. The summed E-state index contributed by atoms with van der Waals surface area (Å²) in [6.45, 7) is 6.78. The van der Waals surface area contributed by atoms with Gasteiger partial charge in [-0.05, 0) is 51.5 Å². The standard InChI is InChI=1S/C45H56O23/c1-17(2)8-13-24-26(63-43-35(56)33(54)30(51)27(15-46)64-43)14-25(50)29-32(53)40(38(66-39(24)29)22-9-11-23(58-7)12-10-22)67-44-36(57)41(37(18(3)60-44)61-20(5)48)68-45-42(62-21(6)49)34(55)31(52)28(65-45)16-59-19(4)47/h8-12,14,18,27-28,30-31,33-37,41-46,50-52,54-57H,13,15-16H2,1-7H3/t18?,27?,28?,30-,31-,33+,34+,35?,36+,37+,41?,42?,43-,44+,45+/m1/s1. The average Bonchev–Trinajstić information content (AvgIpc) is 3.28. The van der Waals surface area contributed by atoms with Crippen molar-refractivity contribution in [2.24, 2.45) is 0 Å². The molecule has 1 aromatic heterocycles. The summed E-state index contributed by atoms with van der Waals surface area (Å²) in [6, 6.07) is 7.11. The largest absolute Gasteiger partial charge is 0.507 e. The smallest absolute Gasteiger partial charge is 0.303 e. The van der Waals surface area contributed by atoms with Crippen LogP contribution in [0.1, 0.15) is 47.1 Å². The van der Waals surface area contributed by atoms with E-state index in [1.165, 1.54) is 38.3 Å². The zero-order chi connectivity index (χ0) is 49.9. The van der Waals surface area contributed by atoms with Gasteiger partial charge in [-0.15, -0.1) is 0 Å². The molecule has 6 rings (SSSR count). The Kier molecular flexibility index (Phi) is 16.7. The van der Waals surface area contributed by atoms with Crippen LogP contribution in [0.2, 0.25) is 0 Å². The van der Waals surface area contributed by atoms with Crippen molar-refractivity contribution in [1.29, 1.82) is 0 Å². The number of hydrogen-bond donors (Lipinski definition) is 8. The van der Waals surface area contributed by atoms with Crippen molar-refractivity contribution in [2.75, 3.05) is 20.3 Å². The third-order valence-electron chi connectivity index (χ3n) is 11.3. The second-order valence-electron chi connectivity index (χ2n) is 16.6. The minimum absolute atomic E-state index is 0.0272. The van der Waals surface area contributed by atoms with E-state index in [1.807, 2.05) is 0 Å². The number of rotatable bonds is 15. The normalized spacial score (nSPS) is 31.6. The second kappa shape index (κ2) is 21.9. The Morgan fingerprint density at radius 1 is 0.721 bits per heavy atom. The molecule has 8 N–H and O–H groups in total. The molecule has 6 unspecified atom stereocenters. The molecule has 3 fully saturated rings. The van der Waals surface area contributed by atoms with Crippen LogP contribution in [0, 0.1) is 0 Å². The van der Waals surface area contributed by atoms with Gasteiger partial charge >= 0.3 is 17.9 Å². The van der Waals surface area contributed by atoms with Crippen molar-refractivity contribution in [2.45, 2.75) is 140 Å². The van der Waals surface area contributed by atoms with Crippen molar-refractivity contribution in [3.8, 4) is 34.3 Å². The first kappa shape index (κ1) is 51.9. The number of hydrogen-bond acceptors (Lipinski definition) is 23. The zero-order valence-corrected chi connectivity index (χ0v) is 37.9. The molecule has 0 amide bonds. The van der Waals surface area contributed by atoms with E-state index in [-0.39, 0.29) is 34.6 Å². The number of esters is 3. The van der Waals surface area contributed by atoms with E-state index in [0.717, 1.165) is 32.4 Å². The first-order valence-electron chi connectivity index (χ1n) is 21.4. The van der Waals surface area contributed by atoms with Crippen LogP contribution in [-0.4, -0.2) is 171 Å². The maximum Gasteiger partial charge on any atom is 0.303 e. The summed E-state index contributed by atoms with van der Waals surface area (Å²) >= 11 is 0. The fourth-order valence-corrected chi connectivity index (χ4v) is 7.83. The summed E-state index contributed by atoms with van der Waals surface area (Å²) in [4.78, 5) is 51.2. The Balaban J connectivity index is 1.47. The van der Waals surface area contributed by atoms with Gasteiger partial charge in [0.05, 0.1) is 19.8 Å². The van der Waals surface area contributed by atoms with E-state index in [1.54, 1.807) is 19.9 Å². The van der Waals surface area contributed by atoms with E-state index in [4.69, 9.17) is 51.8 Å². The Morgan fingerprint density at radius 3 is 1.94 bits per heavy atom. The SMILES string of the molecule is COc1ccc(-c2oc3c(CC=C(C)C)c(O[C@@H]4OC(CO)[C@@H](O)[C@H](O)C4O)cc(O)c3c(=O)c2O[C@@H]2OC(C)[C@H](OC(C)=O)C(O[C@@H]3OC(COC(C)=O)[C@@H](O)[C@H](O)C3OC(C)=O)[C@@H]2O)cc1. The second-order valence-corrected chi connectivity index (χ2v) is 16.6. The van der Waals surface area contributed by atoms with Crippen molar-refractivity contribution in [3.05, 3.63) is 57.8 Å². The van der Waals surface area contributed by atoms with Gasteiger partial charge in [-0.25, -0.2) is 0 Å². The molecule has 23 heteroatoms. The van der Waals surface area contributed by atoms with E-state index < -0.39 is 146 Å².